The van der Waals surface area contributed by atoms with Crippen molar-refractivity contribution in [3.8, 4) is 0 Å². The molecule has 16 heavy (non-hydrogen) atoms. The lowest BCUT2D eigenvalue weighted by Gasteiger charge is -2.21. The van der Waals surface area contributed by atoms with Crippen LogP contribution in [0.15, 0.2) is 42.5 Å². The molecule has 1 nitrogen and oxygen atoms in total. The van der Waals surface area contributed by atoms with E-state index in [2.05, 4.69) is 42.5 Å². The predicted octanol–water partition coefficient (Wildman–Crippen LogP) is 3.25. The lowest BCUT2D eigenvalue weighted by atomic mass is 9.87. The summed E-state index contributed by atoms with van der Waals surface area (Å²) in [6.07, 6.45) is 1.97. The van der Waals surface area contributed by atoms with Crippen molar-refractivity contribution in [3.05, 3.63) is 48.0 Å². The van der Waals surface area contributed by atoms with Gasteiger partial charge < -0.3 is 5.11 Å². The van der Waals surface area contributed by atoms with Crippen LogP contribution in [0.25, 0.3) is 10.8 Å². The van der Waals surface area contributed by atoms with Crippen molar-refractivity contribution in [2.24, 2.45) is 0 Å². The molecule has 1 saturated carbocycles. The molecule has 0 aliphatic heterocycles. The topological polar surface area (TPSA) is 20.2 Å². The molecule has 2 aromatic carbocycles. The highest BCUT2D eigenvalue weighted by atomic mass is 16.3. The highest BCUT2D eigenvalue weighted by molar-refractivity contribution is 5.87. The molecule has 82 valence electrons. The predicted molar refractivity (Wildman–Crippen MR) is 66.5 cm³/mol. The van der Waals surface area contributed by atoms with E-state index >= 15 is 0 Å². The zero-order valence-corrected chi connectivity index (χ0v) is 9.48. The minimum Gasteiger partial charge on any atom is -0.392 e. The standard InChI is InChI=1S/C15H16O/c1-11(16)15(9-10-15)14-8-4-6-12-5-2-3-7-13(12)14/h2-8,11,16H,9-10H2,1H3. The maximum Gasteiger partial charge on any atom is 0.0608 e. The first-order valence-corrected chi connectivity index (χ1v) is 5.90. The Labute approximate surface area is 95.7 Å². The minimum atomic E-state index is -0.252. The Hall–Kier alpha value is -1.34. The van der Waals surface area contributed by atoms with Crippen LogP contribution in [-0.4, -0.2) is 11.2 Å². The zero-order valence-electron chi connectivity index (χ0n) is 9.48. The second kappa shape index (κ2) is 3.33. The van der Waals surface area contributed by atoms with Crippen molar-refractivity contribution in [3.63, 3.8) is 0 Å². The maximum atomic E-state index is 9.96. The molecular formula is C15H16O. The molecule has 0 aromatic heterocycles. The second-order valence-electron chi connectivity index (χ2n) is 4.86. The van der Waals surface area contributed by atoms with Crippen LogP contribution in [0.5, 0.6) is 0 Å². The van der Waals surface area contributed by atoms with Gasteiger partial charge in [0.1, 0.15) is 0 Å². The van der Waals surface area contributed by atoms with Crippen LogP contribution >= 0.6 is 0 Å². The summed E-state index contributed by atoms with van der Waals surface area (Å²) in [4.78, 5) is 0. The van der Waals surface area contributed by atoms with Crippen molar-refractivity contribution in [2.45, 2.75) is 31.3 Å². The number of hydrogen-bond acceptors (Lipinski definition) is 1. The molecule has 3 rings (SSSR count). The zero-order chi connectivity index (χ0) is 11.2. The molecule has 1 aliphatic rings. The van der Waals surface area contributed by atoms with Crippen LogP contribution in [0.3, 0.4) is 0 Å². The fourth-order valence-electron chi connectivity index (χ4n) is 2.71. The molecule has 1 N–H and O–H groups in total. The van der Waals surface area contributed by atoms with Gasteiger partial charge in [-0.05, 0) is 36.1 Å². The van der Waals surface area contributed by atoms with Crippen molar-refractivity contribution < 1.29 is 5.11 Å². The van der Waals surface area contributed by atoms with E-state index in [1.165, 1.54) is 16.3 Å². The van der Waals surface area contributed by atoms with Crippen LogP contribution in [-0.2, 0) is 5.41 Å². The molecule has 1 atom stereocenters. The van der Waals surface area contributed by atoms with Gasteiger partial charge in [0.25, 0.3) is 0 Å². The van der Waals surface area contributed by atoms with Crippen LogP contribution < -0.4 is 0 Å². The van der Waals surface area contributed by atoms with Gasteiger partial charge in [-0.25, -0.2) is 0 Å². The Bertz CT molecular complexity index is 518. The molecule has 1 fully saturated rings. The molecule has 0 saturated heterocycles. The largest absolute Gasteiger partial charge is 0.392 e. The normalized spacial score (nSPS) is 19.6. The highest BCUT2D eigenvalue weighted by Gasteiger charge is 2.48. The van der Waals surface area contributed by atoms with Crippen LogP contribution in [0.4, 0.5) is 0 Å². The summed E-state index contributed by atoms with van der Waals surface area (Å²) in [6.45, 7) is 1.91. The summed E-state index contributed by atoms with van der Waals surface area (Å²) in [5, 5.41) is 12.5. The number of hydrogen-bond donors (Lipinski definition) is 1. The van der Waals surface area contributed by atoms with E-state index < -0.39 is 0 Å². The summed E-state index contributed by atoms with van der Waals surface area (Å²) in [6, 6.07) is 14.8. The van der Waals surface area contributed by atoms with Crippen LogP contribution in [0.1, 0.15) is 25.3 Å². The Morgan fingerprint density at radius 3 is 2.44 bits per heavy atom. The van der Waals surface area contributed by atoms with Crippen molar-refractivity contribution in [2.75, 3.05) is 0 Å². The van der Waals surface area contributed by atoms with E-state index in [1.807, 2.05) is 6.92 Å². The molecular weight excluding hydrogens is 196 g/mol. The van der Waals surface area contributed by atoms with E-state index in [0.717, 1.165) is 12.8 Å². The Kier molecular flexibility index (Phi) is 2.05. The van der Waals surface area contributed by atoms with Gasteiger partial charge in [-0.3, -0.25) is 0 Å². The molecule has 0 heterocycles. The molecule has 0 radical (unpaired) electrons. The fourth-order valence-corrected chi connectivity index (χ4v) is 2.71. The number of aliphatic hydroxyl groups excluding tert-OH is 1. The second-order valence-corrected chi connectivity index (χ2v) is 4.86. The third-order valence-corrected chi connectivity index (χ3v) is 3.91. The van der Waals surface area contributed by atoms with Gasteiger partial charge in [0.2, 0.25) is 0 Å². The smallest absolute Gasteiger partial charge is 0.0608 e. The van der Waals surface area contributed by atoms with Crippen molar-refractivity contribution in [1.29, 1.82) is 0 Å². The monoisotopic (exact) mass is 212 g/mol. The summed E-state index contributed by atoms with van der Waals surface area (Å²) in [7, 11) is 0. The first-order chi connectivity index (χ1) is 7.74. The molecule has 0 bridgehead atoms. The lowest BCUT2D eigenvalue weighted by Crippen LogP contribution is -2.22. The van der Waals surface area contributed by atoms with Gasteiger partial charge >= 0.3 is 0 Å². The third kappa shape index (κ3) is 1.28. The fraction of sp³-hybridized carbons (Fsp3) is 0.333. The van der Waals surface area contributed by atoms with E-state index in [0.29, 0.717) is 0 Å². The van der Waals surface area contributed by atoms with Gasteiger partial charge in [0.05, 0.1) is 6.10 Å². The van der Waals surface area contributed by atoms with E-state index in [1.54, 1.807) is 0 Å². The summed E-state index contributed by atoms with van der Waals surface area (Å²) >= 11 is 0. The van der Waals surface area contributed by atoms with E-state index in [-0.39, 0.29) is 11.5 Å². The highest BCUT2D eigenvalue weighted by Crippen LogP contribution is 2.52. The summed E-state index contributed by atoms with van der Waals surface area (Å²) in [5.41, 5.74) is 1.35. The maximum absolute atomic E-state index is 9.96. The molecule has 0 spiro atoms. The Morgan fingerprint density at radius 1 is 1.06 bits per heavy atom. The lowest BCUT2D eigenvalue weighted by molar-refractivity contribution is 0.151. The van der Waals surface area contributed by atoms with Crippen molar-refractivity contribution >= 4 is 10.8 Å². The number of rotatable bonds is 2. The van der Waals surface area contributed by atoms with E-state index in [9.17, 15) is 5.11 Å². The molecule has 2 aromatic rings. The number of benzene rings is 2. The van der Waals surface area contributed by atoms with Gasteiger partial charge in [-0.15, -0.1) is 0 Å². The molecule has 1 aliphatic carbocycles. The van der Waals surface area contributed by atoms with Crippen LogP contribution in [0.2, 0.25) is 0 Å². The first kappa shape index (κ1) is 9.86. The summed E-state index contributed by atoms with van der Waals surface area (Å²) in [5.74, 6) is 0. The third-order valence-electron chi connectivity index (χ3n) is 3.91. The van der Waals surface area contributed by atoms with Crippen LogP contribution in [0, 0.1) is 0 Å². The molecule has 1 heteroatoms. The molecule has 1 unspecified atom stereocenters. The quantitative estimate of drug-likeness (QED) is 0.810. The first-order valence-electron chi connectivity index (χ1n) is 5.90. The molecule has 0 amide bonds. The van der Waals surface area contributed by atoms with Gasteiger partial charge in [-0.1, -0.05) is 42.5 Å². The Morgan fingerprint density at radius 2 is 1.75 bits per heavy atom. The van der Waals surface area contributed by atoms with E-state index in [4.69, 9.17) is 0 Å². The summed E-state index contributed by atoms with van der Waals surface area (Å²) < 4.78 is 0. The van der Waals surface area contributed by atoms with Crippen molar-refractivity contribution in [1.82, 2.24) is 0 Å². The SMILES string of the molecule is CC(O)C1(c2cccc3ccccc23)CC1. The number of aliphatic hydroxyl groups is 1. The average molecular weight is 212 g/mol. The number of fused-ring (bicyclic) bond motifs is 1. The van der Waals surface area contributed by atoms with Gasteiger partial charge in [0.15, 0.2) is 0 Å². The minimum absolute atomic E-state index is 0.0286. The Balaban J connectivity index is 2.25. The average Bonchev–Trinajstić information content (AvgIpc) is 3.09. The van der Waals surface area contributed by atoms with Gasteiger partial charge in [0, 0.05) is 5.41 Å². The van der Waals surface area contributed by atoms with Gasteiger partial charge in [-0.2, -0.15) is 0 Å².